The first-order chi connectivity index (χ1) is 62.4. The number of hydrogen-bond donors (Lipinski definition) is 10. The Labute approximate surface area is 820 Å². The Morgan fingerprint density at radius 2 is 0.674 bits per heavy atom. The number of nitrogens with two attached hydrogens (primary N) is 2. The maximum absolute atomic E-state index is 15.7. The van der Waals surface area contributed by atoms with Gasteiger partial charge in [0.05, 0.1) is 70.2 Å². The minimum absolute atomic E-state index is 0.263. The van der Waals surface area contributed by atoms with E-state index in [9.17, 15) is 44.7 Å². The second-order valence-electron chi connectivity index (χ2n) is 33.8. The standard InChI is InChI=1S/C21H22FIN4O3.C20H20FIN4O3.C20H18FIN4O3.C14H18FIN4O2.C13H16FIN4O3/c1-11-16(12(2)28)30-20(21(11,3)22)27-9-14(23)15-17(24-10-25-18(15)27)26-19(29)13-7-5-4-6-8-13;2*1-11-14(9-27)29-19(20(11,2)21)26-8-13(22)15-16(23-10-24-17(15)26)25-18(28)12-6-4-3-5-7-12;1-6-10(7(2)21)22-13(14(6,3)15)20-4-8(16)9-11(17)18-5-19-12(9)20;1-5(20)8-9(21)13(2,14)12(22-8)19-3-6(15)7-10(16)17-4-18-11(7)19/h4-12,16,20,28H,1-3H3,(H,24,25,26,29);3-8,10-11,14,19,27H,9H2,1-2H3,(H,23,24,25,28);3-11,14,19H,1-2H3,(H,23,24,25,28);4-7,10,13,21H,1-3H3,(H2,17,18,19);3-5,8-9,12,20-21H,1-2H3,(H2,16,17,18)/t11-,12?,16+,20-,21-;2*11-,14-,19-,20-;6-,7?,10+,13-,14-;5?,8-,9-,12-,13-/m11111/s1. The Bertz CT molecular complexity index is 6300. The lowest BCUT2D eigenvalue weighted by atomic mass is 9.88. The van der Waals surface area contributed by atoms with Crippen molar-refractivity contribution in [3.8, 4) is 0 Å². The summed E-state index contributed by atoms with van der Waals surface area (Å²) in [5.41, 5.74) is 6.57. The number of amides is 3. The number of aliphatic hydroxyl groups is 5. The summed E-state index contributed by atoms with van der Waals surface area (Å²) < 4.78 is 117. The van der Waals surface area contributed by atoms with Crippen LogP contribution in [0.5, 0.6) is 0 Å². The molecule has 3 amide bonds. The van der Waals surface area contributed by atoms with Crippen LogP contribution in [0.15, 0.2) is 154 Å². The van der Waals surface area contributed by atoms with Crippen LogP contribution in [0.2, 0.25) is 0 Å². The SMILES string of the molecule is CC(O)[C@H]1O[C@@H](n2cc(I)c3c(N)ncnc32)[C@](C)(F)[C@@H]1C.CC(O)[C@H]1O[C@@H](n2cc(I)c3c(N)ncnc32)[C@](C)(F)[C@@H]1O.CC(O)[C@H]1O[C@@H](n2cc(I)c3c(NC(=O)c4ccccc4)ncnc32)[C@](C)(F)[C@@H]1C.C[C@@H]1[C@@H](C=O)O[C@@H](n2cc(I)c3c(NC(=O)c4ccccc4)ncnc32)[C@]1(C)F.C[C@@H]1[C@@H](CO)O[C@@H](n2cc(I)c3c(NC(=O)c4ccccc4)ncnc32)[C@]1(C)F. The van der Waals surface area contributed by atoms with Crippen LogP contribution in [0.1, 0.15) is 145 Å². The van der Waals surface area contributed by atoms with Gasteiger partial charge in [-0.1, -0.05) is 82.3 Å². The van der Waals surface area contributed by atoms with E-state index in [1.165, 1.54) is 77.7 Å². The Hall–Kier alpha value is -8.66. The highest BCUT2D eigenvalue weighted by atomic mass is 127. The van der Waals surface area contributed by atoms with Gasteiger partial charge in [0.25, 0.3) is 17.7 Å². The van der Waals surface area contributed by atoms with Crippen molar-refractivity contribution in [3.05, 3.63) is 188 Å². The van der Waals surface area contributed by atoms with E-state index < -0.39 is 138 Å². The number of aliphatic hydroxyl groups excluding tert-OH is 5. The molecule has 12 N–H and O–H groups in total. The average molecular weight is 2390 g/mol. The molecule has 23 atom stereocenters. The molecule has 5 saturated heterocycles. The molecule has 18 rings (SSSR count). The summed E-state index contributed by atoms with van der Waals surface area (Å²) in [6, 6.07) is 26.4. The zero-order chi connectivity index (χ0) is 95.6. The van der Waals surface area contributed by atoms with Crippen LogP contribution in [0.3, 0.4) is 0 Å². The van der Waals surface area contributed by atoms with Crippen molar-refractivity contribution in [2.45, 2.75) is 198 Å². The van der Waals surface area contributed by atoms with Crippen molar-refractivity contribution in [2.24, 2.45) is 23.7 Å². The maximum atomic E-state index is 15.7. The summed E-state index contributed by atoms with van der Waals surface area (Å²) in [6.07, 6.45) is 3.16. The van der Waals surface area contributed by atoms with Gasteiger partial charge < -0.3 is 104 Å². The van der Waals surface area contributed by atoms with Crippen LogP contribution in [0, 0.1) is 41.5 Å². The molecule has 13 aromatic rings. The highest BCUT2D eigenvalue weighted by Gasteiger charge is 2.60. The number of aromatic nitrogens is 15. The number of halogens is 10. The van der Waals surface area contributed by atoms with Crippen LogP contribution in [0.25, 0.3) is 55.2 Å². The molecule has 5 aliphatic heterocycles. The van der Waals surface area contributed by atoms with Crippen LogP contribution in [-0.4, -0.2) is 212 Å². The summed E-state index contributed by atoms with van der Waals surface area (Å²) in [7, 11) is 0. The third-order valence-electron chi connectivity index (χ3n) is 25.0. The zero-order valence-corrected chi connectivity index (χ0v) is 83.5. The fourth-order valence-corrected chi connectivity index (χ4v) is 20.9. The van der Waals surface area contributed by atoms with Crippen molar-refractivity contribution >= 4 is 221 Å². The lowest BCUT2D eigenvalue weighted by molar-refractivity contribution is -0.121. The monoisotopic (exact) mass is 2380 g/mol. The summed E-state index contributed by atoms with van der Waals surface area (Å²) in [5.74, 6) is -1.32. The lowest BCUT2D eigenvalue weighted by Crippen LogP contribution is -2.42. The number of carbonyl (C=O) groups excluding carboxylic acids is 4. The summed E-state index contributed by atoms with van der Waals surface area (Å²) in [5, 5.41) is 60.7. The highest BCUT2D eigenvalue weighted by molar-refractivity contribution is 14.1. The number of fused-ring (bicyclic) bond motifs is 5. The molecule has 0 bridgehead atoms. The topological polar surface area (TPSA) is 457 Å². The first kappa shape index (κ1) is 99.3. The number of nitrogens with one attached hydrogen (secondary N) is 3. The quantitative estimate of drug-likeness (QED) is 0.0244. The van der Waals surface area contributed by atoms with Gasteiger partial charge in [-0.25, -0.2) is 71.8 Å². The van der Waals surface area contributed by atoms with Crippen molar-refractivity contribution in [3.63, 3.8) is 0 Å². The number of aldehydes is 1. The smallest absolute Gasteiger partial charge is 0.256 e. The van der Waals surface area contributed by atoms with Crippen LogP contribution in [-0.2, 0) is 28.5 Å². The number of hydrogen-bond acceptors (Lipinski definition) is 26. The van der Waals surface area contributed by atoms with Crippen molar-refractivity contribution in [2.75, 3.05) is 34.0 Å². The van der Waals surface area contributed by atoms with Crippen LogP contribution in [0.4, 0.5) is 51.0 Å². The summed E-state index contributed by atoms with van der Waals surface area (Å²) in [6.45, 7) is 18.3. The number of ether oxygens (including phenoxy) is 5. The van der Waals surface area contributed by atoms with Gasteiger partial charge in [-0.3, -0.25) is 14.4 Å². The normalized spacial score (nSPS) is 29.1. The molecular weight excluding hydrogens is 2290 g/mol. The fourth-order valence-electron chi connectivity index (χ4n) is 16.9. The number of nitrogen functional groups attached to an aromatic ring is 2. The minimum atomic E-state index is -2.09. The van der Waals surface area contributed by atoms with Gasteiger partial charge in [-0.05, 0) is 205 Å². The molecule has 0 saturated carbocycles. The van der Waals surface area contributed by atoms with E-state index in [1.807, 2.05) is 18.2 Å². The molecule has 0 aliphatic carbocycles. The third-order valence-corrected chi connectivity index (χ3v) is 29.1. The van der Waals surface area contributed by atoms with E-state index in [2.05, 4.69) is 179 Å². The first-order valence-corrected chi connectivity index (χ1v) is 46.9. The Morgan fingerprint density at radius 3 is 0.955 bits per heavy atom. The molecular formula is C88H94F5I5N20O14. The summed E-state index contributed by atoms with van der Waals surface area (Å²) >= 11 is 10.5. The molecule has 34 nitrogen and oxygen atoms in total. The molecule has 0 spiro atoms. The lowest BCUT2D eigenvalue weighted by Gasteiger charge is -2.26. The fraction of sp³-hybridized carbons (Fsp3) is 0.409. The Balaban J connectivity index is 0.000000134. The predicted octanol–water partition coefficient (Wildman–Crippen LogP) is 14.5. The average Bonchev–Trinajstić information content (AvgIpc) is 1.60. The van der Waals surface area contributed by atoms with Gasteiger partial charge in [0.1, 0.15) is 114 Å². The van der Waals surface area contributed by atoms with E-state index in [0.29, 0.717) is 107 Å². The molecule has 5 fully saturated rings. The van der Waals surface area contributed by atoms with E-state index >= 15 is 22.0 Å². The number of carbonyl (C=O) groups is 4. The van der Waals surface area contributed by atoms with Gasteiger partial charge in [0, 0.05) is 89.2 Å². The molecule has 132 heavy (non-hydrogen) atoms. The van der Waals surface area contributed by atoms with Crippen molar-refractivity contribution in [1.82, 2.24) is 72.7 Å². The number of anilines is 5. The molecule has 3 unspecified atom stereocenters. The Kier molecular flexibility index (Phi) is 29.8. The van der Waals surface area contributed by atoms with Crippen molar-refractivity contribution < 1.29 is 90.3 Å². The molecule has 44 heteroatoms. The van der Waals surface area contributed by atoms with E-state index in [-0.39, 0.29) is 24.3 Å². The summed E-state index contributed by atoms with van der Waals surface area (Å²) in [4.78, 5) is 90.9. The molecule has 15 heterocycles. The molecule has 10 aromatic heterocycles. The minimum Gasteiger partial charge on any atom is -0.394 e. The predicted molar refractivity (Wildman–Crippen MR) is 521 cm³/mol. The van der Waals surface area contributed by atoms with Crippen molar-refractivity contribution in [1.29, 1.82) is 0 Å². The van der Waals surface area contributed by atoms with E-state index in [1.54, 1.807) is 164 Å². The number of rotatable bonds is 16. The van der Waals surface area contributed by atoms with Gasteiger partial charge >= 0.3 is 0 Å². The molecule has 700 valence electrons. The van der Waals surface area contributed by atoms with Gasteiger partial charge in [0.15, 0.2) is 59.5 Å². The number of alkyl halides is 5. The van der Waals surface area contributed by atoms with Crippen LogP contribution < -0.4 is 27.4 Å². The zero-order valence-electron chi connectivity index (χ0n) is 72.7. The van der Waals surface area contributed by atoms with Crippen LogP contribution >= 0.6 is 113 Å². The van der Waals surface area contributed by atoms with Gasteiger partial charge in [-0.2, -0.15) is 0 Å². The highest BCUT2D eigenvalue weighted by Crippen LogP contribution is 2.53. The number of benzene rings is 3. The molecule has 3 aromatic carbocycles. The van der Waals surface area contributed by atoms with E-state index in [4.69, 9.17) is 35.2 Å². The maximum Gasteiger partial charge on any atom is 0.256 e. The van der Waals surface area contributed by atoms with Gasteiger partial charge in [0.2, 0.25) is 0 Å². The third kappa shape index (κ3) is 18.8. The first-order valence-electron chi connectivity index (χ1n) is 41.6. The second-order valence-corrected chi connectivity index (χ2v) is 39.6. The van der Waals surface area contributed by atoms with E-state index in [0.717, 1.165) is 17.9 Å². The largest absolute Gasteiger partial charge is 0.394 e. The molecule has 5 aliphatic rings. The second kappa shape index (κ2) is 39.6. The number of nitrogens with zero attached hydrogens (tertiary/aromatic N) is 15. The van der Waals surface area contributed by atoms with Gasteiger partial charge in [-0.15, -0.1) is 0 Å². The molecule has 0 radical (unpaired) electrons. The Morgan fingerprint density at radius 1 is 0.409 bits per heavy atom.